The van der Waals surface area contributed by atoms with Crippen LogP contribution < -0.4 is 4.90 Å². The van der Waals surface area contributed by atoms with Crippen molar-refractivity contribution in [1.29, 1.82) is 0 Å². The van der Waals surface area contributed by atoms with Crippen molar-refractivity contribution in [3.8, 4) is 0 Å². The first-order valence-corrected chi connectivity index (χ1v) is 9.06. The molecule has 1 N–H and O–H groups in total. The lowest BCUT2D eigenvalue weighted by Crippen LogP contribution is -2.48. The first kappa shape index (κ1) is 17.3. The lowest BCUT2D eigenvalue weighted by Gasteiger charge is -2.36. The first-order valence-electron chi connectivity index (χ1n) is 8.26. The van der Waals surface area contributed by atoms with Crippen LogP contribution in [0.5, 0.6) is 0 Å². The molecule has 1 unspecified atom stereocenters. The number of carbonyl (C=O) groups is 1. The van der Waals surface area contributed by atoms with E-state index in [9.17, 15) is 9.90 Å². The maximum absolute atomic E-state index is 11.9. The van der Waals surface area contributed by atoms with Gasteiger partial charge in [0.15, 0.2) is 0 Å². The molecule has 1 aromatic rings. The number of rotatable bonds is 2. The molecule has 2 aliphatic rings. The van der Waals surface area contributed by atoms with Crippen molar-refractivity contribution < 1.29 is 9.90 Å². The van der Waals surface area contributed by atoms with Gasteiger partial charge in [-0.3, -0.25) is 4.90 Å². The zero-order valence-electron chi connectivity index (χ0n) is 14.4. The Labute approximate surface area is 151 Å². The van der Waals surface area contributed by atoms with Crippen LogP contribution in [-0.4, -0.2) is 46.3 Å². The number of carboxylic acid groups (broad SMARTS) is 1. The third-order valence-electron chi connectivity index (χ3n) is 5.28. The highest BCUT2D eigenvalue weighted by Crippen LogP contribution is 2.43. The molecule has 3 atom stereocenters. The van der Waals surface area contributed by atoms with Gasteiger partial charge in [-0.15, -0.1) is 0 Å². The van der Waals surface area contributed by atoms with Crippen molar-refractivity contribution >= 4 is 33.8 Å². The Morgan fingerprint density at radius 3 is 2.75 bits per heavy atom. The standard InChI is InChI=1S/C18H24BrN3O2/c1-5-11-6-13(8-20-16(11)19)21-9-12-7-15(18(2,3)4)22(17(23)24)14(12)10-21/h5-6,8,12,14-15H,1,7,9-10H2,2-4H3,(H,23,24)/t12-,14+,15?/m1/s1. The Hall–Kier alpha value is -1.56. The van der Waals surface area contributed by atoms with E-state index in [4.69, 9.17) is 0 Å². The van der Waals surface area contributed by atoms with Crippen LogP contribution in [-0.2, 0) is 0 Å². The van der Waals surface area contributed by atoms with Gasteiger partial charge in [-0.1, -0.05) is 33.4 Å². The van der Waals surface area contributed by atoms with Gasteiger partial charge < -0.3 is 10.0 Å². The molecule has 130 valence electrons. The van der Waals surface area contributed by atoms with Gasteiger partial charge in [0.05, 0.1) is 17.9 Å². The van der Waals surface area contributed by atoms with Gasteiger partial charge in [-0.05, 0) is 33.8 Å². The number of hydrogen-bond donors (Lipinski definition) is 1. The monoisotopic (exact) mass is 393 g/mol. The molecular formula is C18H24BrN3O2. The van der Waals surface area contributed by atoms with E-state index in [0.29, 0.717) is 5.92 Å². The molecule has 0 saturated carbocycles. The molecule has 2 aliphatic heterocycles. The zero-order valence-corrected chi connectivity index (χ0v) is 16.0. The molecule has 24 heavy (non-hydrogen) atoms. The molecule has 0 aliphatic carbocycles. The van der Waals surface area contributed by atoms with Gasteiger partial charge >= 0.3 is 6.09 Å². The van der Waals surface area contributed by atoms with E-state index in [1.165, 1.54) is 0 Å². The van der Waals surface area contributed by atoms with Crippen molar-refractivity contribution in [2.24, 2.45) is 11.3 Å². The molecule has 1 amide bonds. The van der Waals surface area contributed by atoms with Gasteiger partial charge in [-0.2, -0.15) is 0 Å². The van der Waals surface area contributed by atoms with Gasteiger partial charge in [0.1, 0.15) is 4.60 Å². The number of hydrogen-bond acceptors (Lipinski definition) is 3. The van der Waals surface area contributed by atoms with E-state index >= 15 is 0 Å². The summed E-state index contributed by atoms with van der Waals surface area (Å²) in [5.74, 6) is 0.376. The van der Waals surface area contributed by atoms with Crippen LogP contribution in [0.25, 0.3) is 6.08 Å². The molecule has 2 fully saturated rings. The molecule has 0 radical (unpaired) electrons. The largest absolute Gasteiger partial charge is 0.465 e. The highest BCUT2D eigenvalue weighted by Gasteiger charge is 2.51. The highest BCUT2D eigenvalue weighted by molar-refractivity contribution is 9.10. The summed E-state index contributed by atoms with van der Waals surface area (Å²) in [4.78, 5) is 20.2. The molecule has 0 aromatic carbocycles. The Balaban J connectivity index is 1.84. The minimum absolute atomic E-state index is 0.0390. The van der Waals surface area contributed by atoms with Crippen LogP contribution in [0.15, 0.2) is 23.4 Å². The van der Waals surface area contributed by atoms with Crippen molar-refractivity contribution in [3.05, 3.63) is 29.0 Å². The van der Waals surface area contributed by atoms with Crippen LogP contribution >= 0.6 is 15.9 Å². The van der Waals surface area contributed by atoms with Crippen LogP contribution in [0.4, 0.5) is 10.5 Å². The lowest BCUT2D eigenvalue weighted by molar-refractivity contribution is 0.0889. The fourth-order valence-electron chi connectivity index (χ4n) is 4.06. The molecule has 6 heteroatoms. The quantitative estimate of drug-likeness (QED) is 0.768. The number of anilines is 1. The fourth-order valence-corrected chi connectivity index (χ4v) is 4.44. The van der Waals surface area contributed by atoms with E-state index in [2.05, 4.69) is 59.2 Å². The Bertz CT molecular complexity index is 671. The normalized spacial score (nSPS) is 26.6. The fraction of sp³-hybridized carbons (Fsp3) is 0.556. The van der Waals surface area contributed by atoms with Gasteiger partial charge in [0, 0.05) is 30.6 Å². The summed E-state index contributed by atoms with van der Waals surface area (Å²) in [5, 5.41) is 9.75. The maximum atomic E-state index is 11.9. The summed E-state index contributed by atoms with van der Waals surface area (Å²) < 4.78 is 0.778. The number of pyridine rings is 1. The van der Waals surface area contributed by atoms with Crippen molar-refractivity contribution in [1.82, 2.24) is 9.88 Å². The number of amides is 1. The number of nitrogens with zero attached hydrogens (tertiary/aromatic N) is 3. The minimum atomic E-state index is -0.801. The predicted octanol–water partition coefficient (Wildman–Crippen LogP) is 4.09. The molecule has 3 rings (SSSR count). The van der Waals surface area contributed by atoms with Crippen molar-refractivity contribution in [2.75, 3.05) is 18.0 Å². The van der Waals surface area contributed by atoms with Gasteiger partial charge in [-0.25, -0.2) is 9.78 Å². The SMILES string of the molecule is C=Cc1cc(N2C[C@H]3CC(C(C)(C)C)N(C(=O)O)[C@H]3C2)cnc1Br. The van der Waals surface area contributed by atoms with Crippen LogP contribution in [0, 0.1) is 11.3 Å². The Morgan fingerprint density at radius 1 is 1.46 bits per heavy atom. The first-order chi connectivity index (χ1) is 11.2. The summed E-state index contributed by atoms with van der Waals surface area (Å²) in [6.07, 6.45) is 3.74. The van der Waals surface area contributed by atoms with Crippen molar-refractivity contribution in [3.63, 3.8) is 0 Å². The lowest BCUT2D eigenvalue weighted by atomic mass is 9.84. The van der Waals surface area contributed by atoms with Crippen molar-refractivity contribution in [2.45, 2.75) is 39.3 Å². The van der Waals surface area contributed by atoms with E-state index in [1.54, 1.807) is 11.0 Å². The molecule has 2 saturated heterocycles. The molecule has 5 nitrogen and oxygen atoms in total. The van der Waals surface area contributed by atoms with E-state index < -0.39 is 6.09 Å². The van der Waals surface area contributed by atoms with E-state index in [1.807, 2.05) is 6.20 Å². The van der Waals surface area contributed by atoms with E-state index in [-0.39, 0.29) is 17.5 Å². The summed E-state index contributed by atoms with van der Waals surface area (Å²) in [7, 11) is 0. The third kappa shape index (κ3) is 2.92. The predicted molar refractivity (Wildman–Crippen MR) is 99.2 cm³/mol. The number of aromatic nitrogens is 1. The summed E-state index contributed by atoms with van der Waals surface area (Å²) >= 11 is 3.42. The second kappa shape index (κ2) is 6.06. The number of likely N-dealkylation sites (tertiary alicyclic amines) is 1. The average Bonchev–Trinajstić information content (AvgIpc) is 3.04. The Kier molecular flexibility index (Phi) is 4.36. The summed E-state index contributed by atoms with van der Waals surface area (Å²) in [6, 6.07) is 2.19. The van der Waals surface area contributed by atoms with Crippen LogP contribution in [0.2, 0.25) is 0 Å². The smallest absolute Gasteiger partial charge is 0.407 e. The molecule has 1 aromatic heterocycles. The second-order valence-electron chi connectivity index (χ2n) is 7.82. The highest BCUT2D eigenvalue weighted by atomic mass is 79.9. The molecule has 0 spiro atoms. The molecule has 0 bridgehead atoms. The zero-order chi connectivity index (χ0) is 17.6. The topological polar surface area (TPSA) is 56.7 Å². The molecular weight excluding hydrogens is 370 g/mol. The van der Waals surface area contributed by atoms with Gasteiger partial charge in [0.2, 0.25) is 0 Å². The van der Waals surface area contributed by atoms with E-state index in [0.717, 1.165) is 35.4 Å². The minimum Gasteiger partial charge on any atom is -0.465 e. The van der Waals surface area contributed by atoms with Gasteiger partial charge in [0.25, 0.3) is 0 Å². The maximum Gasteiger partial charge on any atom is 0.407 e. The van der Waals surface area contributed by atoms with Crippen LogP contribution in [0.1, 0.15) is 32.8 Å². The number of fused-ring (bicyclic) bond motifs is 1. The third-order valence-corrected chi connectivity index (χ3v) is 5.95. The van der Waals surface area contributed by atoms with Crippen LogP contribution in [0.3, 0.4) is 0 Å². The number of halogens is 1. The summed E-state index contributed by atoms with van der Waals surface area (Å²) in [5.41, 5.74) is 1.94. The second-order valence-corrected chi connectivity index (χ2v) is 8.57. The molecule has 3 heterocycles. The summed E-state index contributed by atoms with van der Waals surface area (Å²) in [6.45, 7) is 11.8. The Morgan fingerprint density at radius 2 is 2.17 bits per heavy atom. The average molecular weight is 394 g/mol.